The Balaban J connectivity index is 3.72. The summed E-state index contributed by atoms with van der Waals surface area (Å²) in [6, 6.07) is 0. The third kappa shape index (κ3) is 3.52. The summed E-state index contributed by atoms with van der Waals surface area (Å²) < 4.78 is 0. The summed E-state index contributed by atoms with van der Waals surface area (Å²) in [4.78, 5) is 0. The molecular weight excluding hydrogens is 124 g/mol. The molecule has 9 heavy (non-hydrogen) atoms. The van der Waals surface area contributed by atoms with Crippen molar-refractivity contribution in [2.24, 2.45) is 5.41 Å². The smallest absolute Gasteiger partial charge is 0.00778 e. The second kappa shape index (κ2) is 3.21. The van der Waals surface area contributed by atoms with Gasteiger partial charge in [-0.05, 0) is 17.4 Å². The molecule has 1 unspecified atom stereocenters. The van der Waals surface area contributed by atoms with Crippen LogP contribution in [0.4, 0.5) is 0 Å². The van der Waals surface area contributed by atoms with Gasteiger partial charge in [-0.25, -0.2) is 0 Å². The number of rotatable bonds is 2. The zero-order chi connectivity index (χ0) is 7.49. The molecule has 0 aliphatic rings. The van der Waals surface area contributed by atoms with E-state index < -0.39 is 0 Å². The molecule has 0 aliphatic carbocycles. The molecule has 0 aliphatic heterocycles. The van der Waals surface area contributed by atoms with Gasteiger partial charge >= 0.3 is 0 Å². The molecule has 0 aromatic rings. The van der Waals surface area contributed by atoms with Crippen molar-refractivity contribution in [1.29, 1.82) is 0 Å². The van der Waals surface area contributed by atoms with Crippen molar-refractivity contribution in [2.75, 3.05) is 0 Å². The zero-order valence-electron chi connectivity index (χ0n) is 7.07. The van der Waals surface area contributed by atoms with E-state index in [4.69, 9.17) is 0 Å². The molecule has 0 heterocycles. The Bertz CT molecular complexity index is 89.2. The molecule has 0 radical (unpaired) electrons. The van der Waals surface area contributed by atoms with Gasteiger partial charge in [0.2, 0.25) is 0 Å². The van der Waals surface area contributed by atoms with Crippen molar-refractivity contribution in [2.45, 2.75) is 32.7 Å². The van der Waals surface area contributed by atoms with Crippen molar-refractivity contribution in [3.05, 3.63) is 12.7 Å². The van der Waals surface area contributed by atoms with Crippen molar-refractivity contribution in [1.82, 2.24) is 0 Å². The third-order valence-corrected chi connectivity index (χ3v) is 4.20. The van der Waals surface area contributed by atoms with Gasteiger partial charge in [0, 0.05) is 10.2 Å². The molecule has 0 spiro atoms. The summed E-state index contributed by atoms with van der Waals surface area (Å²) >= 11 is 0. The van der Waals surface area contributed by atoms with E-state index in [9.17, 15) is 0 Å². The fourth-order valence-corrected chi connectivity index (χ4v) is 0.937. The largest absolute Gasteiger partial charge is 0.103 e. The first kappa shape index (κ1) is 8.96. The van der Waals surface area contributed by atoms with E-state index in [0.717, 1.165) is 5.54 Å². The Morgan fingerprint density at radius 2 is 2.00 bits per heavy atom. The van der Waals surface area contributed by atoms with E-state index in [1.165, 1.54) is 16.7 Å². The molecule has 0 saturated carbocycles. The quantitative estimate of drug-likeness (QED) is 0.407. The maximum absolute atomic E-state index is 3.74. The number of allylic oxidation sites excluding steroid dienone is 1. The van der Waals surface area contributed by atoms with Crippen LogP contribution < -0.4 is 0 Å². The van der Waals surface area contributed by atoms with Crippen LogP contribution in [0.25, 0.3) is 0 Å². The van der Waals surface area contributed by atoms with Crippen LogP contribution in [0, 0.1) is 5.41 Å². The molecule has 0 fully saturated rings. The Kier molecular flexibility index (Phi) is 3.19. The van der Waals surface area contributed by atoms with Gasteiger partial charge in [0.15, 0.2) is 0 Å². The lowest BCUT2D eigenvalue weighted by molar-refractivity contribution is 0.382. The highest BCUT2D eigenvalue weighted by Crippen LogP contribution is 2.30. The summed E-state index contributed by atoms with van der Waals surface area (Å²) in [6.45, 7) is 10.6. The number of hydrogen-bond donors (Lipinski definition) is 0. The zero-order valence-corrected chi connectivity index (χ0v) is 9.07. The van der Waals surface area contributed by atoms with Gasteiger partial charge < -0.3 is 0 Å². The van der Waals surface area contributed by atoms with Crippen LogP contribution in [0.5, 0.6) is 0 Å². The lowest BCUT2D eigenvalue weighted by Gasteiger charge is -2.25. The Labute approximate surface area is 61.8 Å². The van der Waals surface area contributed by atoms with Gasteiger partial charge in [0.05, 0.1) is 0 Å². The minimum Gasteiger partial charge on any atom is -0.103 e. The standard InChI is InChI=1S/C8H18Si/c1-5-6-7(9)8(2,3)4/h5,7H,1,6H2,2-4,9H3. The minimum absolute atomic E-state index is 0.500. The summed E-state index contributed by atoms with van der Waals surface area (Å²) in [5.41, 5.74) is 1.38. The van der Waals surface area contributed by atoms with Crippen LogP contribution in [0.15, 0.2) is 12.7 Å². The van der Waals surface area contributed by atoms with Crippen molar-refractivity contribution < 1.29 is 0 Å². The van der Waals surface area contributed by atoms with Crippen LogP contribution in [0.2, 0.25) is 5.54 Å². The van der Waals surface area contributed by atoms with Crippen LogP contribution in [0.1, 0.15) is 27.2 Å². The molecule has 0 bridgehead atoms. The normalized spacial score (nSPS) is 15.4. The van der Waals surface area contributed by atoms with Gasteiger partial charge in [-0.2, -0.15) is 0 Å². The lowest BCUT2D eigenvalue weighted by Crippen LogP contribution is -2.13. The molecule has 0 aromatic carbocycles. The van der Waals surface area contributed by atoms with Gasteiger partial charge in [0.1, 0.15) is 0 Å². The summed E-state index contributed by atoms with van der Waals surface area (Å²) in [6.07, 6.45) is 3.22. The van der Waals surface area contributed by atoms with Crippen LogP contribution >= 0.6 is 0 Å². The molecule has 1 atom stereocenters. The molecule has 0 N–H and O–H groups in total. The maximum atomic E-state index is 3.74. The van der Waals surface area contributed by atoms with E-state index in [2.05, 4.69) is 27.4 Å². The van der Waals surface area contributed by atoms with Gasteiger partial charge in [0.25, 0.3) is 0 Å². The molecule has 0 saturated heterocycles. The first-order valence-electron chi connectivity index (χ1n) is 3.59. The van der Waals surface area contributed by atoms with Crippen LogP contribution in [-0.2, 0) is 0 Å². The highest BCUT2D eigenvalue weighted by Gasteiger charge is 2.17. The van der Waals surface area contributed by atoms with Crippen molar-refractivity contribution in [3.8, 4) is 0 Å². The monoisotopic (exact) mass is 142 g/mol. The second-order valence-electron chi connectivity index (χ2n) is 3.79. The minimum atomic E-state index is 0.500. The Hall–Kier alpha value is -0.0431. The fraction of sp³-hybridized carbons (Fsp3) is 0.750. The number of hydrogen-bond acceptors (Lipinski definition) is 0. The molecule has 0 amide bonds. The summed E-state index contributed by atoms with van der Waals surface area (Å²) in [5, 5.41) is 0. The van der Waals surface area contributed by atoms with E-state index in [1.54, 1.807) is 0 Å². The predicted molar refractivity (Wildman–Crippen MR) is 48.0 cm³/mol. The SMILES string of the molecule is C=CCC([SiH3])C(C)(C)C. The Morgan fingerprint density at radius 1 is 1.56 bits per heavy atom. The molecule has 0 aromatic heterocycles. The highest BCUT2D eigenvalue weighted by molar-refractivity contribution is 6.12. The molecule has 1 heteroatoms. The fourth-order valence-electron chi connectivity index (χ4n) is 0.604. The van der Waals surface area contributed by atoms with Crippen LogP contribution in [0.3, 0.4) is 0 Å². The maximum Gasteiger partial charge on any atom is 0.00778 e. The average molecular weight is 142 g/mol. The molecule has 0 rings (SSSR count). The van der Waals surface area contributed by atoms with Gasteiger partial charge in [-0.1, -0.05) is 26.8 Å². The van der Waals surface area contributed by atoms with Crippen LogP contribution in [-0.4, -0.2) is 10.2 Å². The first-order valence-corrected chi connectivity index (χ1v) is 4.75. The average Bonchev–Trinajstić information content (AvgIpc) is 1.64. The lowest BCUT2D eigenvalue weighted by atomic mass is 9.90. The van der Waals surface area contributed by atoms with Gasteiger partial charge in [-0.3, -0.25) is 0 Å². The summed E-state index contributed by atoms with van der Waals surface area (Å²) in [5.74, 6) is 0. The summed E-state index contributed by atoms with van der Waals surface area (Å²) in [7, 11) is 1.29. The third-order valence-electron chi connectivity index (χ3n) is 2.00. The predicted octanol–water partition coefficient (Wildman–Crippen LogP) is 1.76. The van der Waals surface area contributed by atoms with E-state index in [-0.39, 0.29) is 0 Å². The second-order valence-corrected chi connectivity index (χ2v) is 5.19. The molecular formula is C8H18Si. The first-order chi connectivity index (χ1) is 3.98. The van der Waals surface area contributed by atoms with Crippen molar-refractivity contribution in [3.63, 3.8) is 0 Å². The van der Waals surface area contributed by atoms with E-state index in [1.807, 2.05) is 6.08 Å². The Morgan fingerprint density at radius 3 is 2.11 bits per heavy atom. The molecule has 54 valence electrons. The van der Waals surface area contributed by atoms with E-state index in [0.29, 0.717) is 5.41 Å². The molecule has 0 nitrogen and oxygen atoms in total. The highest BCUT2D eigenvalue weighted by atomic mass is 28.1. The van der Waals surface area contributed by atoms with Gasteiger partial charge in [-0.15, -0.1) is 6.58 Å². The van der Waals surface area contributed by atoms with Crippen molar-refractivity contribution >= 4 is 10.2 Å². The van der Waals surface area contributed by atoms with E-state index >= 15 is 0 Å². The topological polar surface area (TPSA) is 0 Å².